The summed E-state index contributed by atoms with van der Waals surface area (Å²) in [5.74, 6) is 0.857. The van der Waals surface area contributed by atoms with Crippen molar-refractivity contribution in [1.29, 1.82) is 0 Å². The maximum absolute atomic E-state index is 11.5. The first-order valence-corrected chi connectivity index (χ1v) is 6.47. The Labute approximate surface area is 115 Å². The SMILES string of the molecule is CC(C)c1ccc(OCC(=O)NOC(C)(C)C)cc1. The fraction of sp³-hybridized carbons (Fsp3) is 0.533. The van der Waals surface area contributed by atoms with Crippen molar-refractivity contribution < 1.29 is 14.4 Å². The molecule has 1 aromatic carbocycles. The van der Waals surface area contributed by atoms with Gasteiger partial charge < -0.3 is 4.74 Å². The third-order valence-corrected chi connectivity index (χ3v) is 2.39. The number of rotatable bonds is 5. The number of carbonyl (C=O) groups excluding carboxylic acids is 1. The molecule has 0 saturated carbocycles. The van der Waals surface area contributed by atoms with Gasteiger partial charge in [0.2, 0.25) is 0 Å². The normalized spacial score (nSPS) is 11.5. The molecule has 4 heteroatoms. The Kier molecular flexibility index (Phi) is 5.36. The monoisotopic (exact) mass is 265 g/mol. The molecule has 0 bridgehead atoms. The molecule has 0 fully saturated rings. The predicted molar refractivity (Wildman–Crippen MR) is 75.0 cm³/mol. The third-order valence-electron chi connectivity index (χ3n) is 2.39. The van der Waals surface area contributed by atoms with E-state index < -0.39 is 5.60 Å². The second-order valence-electron chi connectivity index (χ2n) is 5.75. The van der Waals surface area contributed by atoms with Gasteiger partial charge >= 0.3 is 0 Å². The minimum Gasteiger partial charge on any atom is -0.484 e. The van der Waals surface area contributed by atoms with E-state index >= 15 is 0 Å². The van der Waals surface area contributed by atoms with Crippen LogP contribution in [0.2, 0.25) is 0 Å². The van der Waals surface area contributed by atoms with Crippen molar-refractivity contribution in [3.8, 4) is 5.75 Å². The molecule has 0 saturated heterocycles. The summed E-state index contributed by atoms with van der Waals surface area (Å²) in [5.41, 5.74) is 3.19. The predicted octanol–water partition coefficient (Wildman–Crippen LogP) is 3.04. The highest BCUT2D eigenvalue weighted by molar-refractivity contribution is 5.76. The van der Waals surface area contributed by atoms with Gasteiger partial charge in [-0.15, -0.1) is 0 Å². The van der Waals surface area contributed by atoms with Gasteiger partial charge in [-0.3, -0.25) is 9.63 Å². The number of hydroxylamine groups is 1. The molecule has 1 N–H and O–H groups in total. The average molecular weight is 265 g/mol. The van der Waals surface area contributed by atoms with E-state index in [1.165, 1.54) is 5.56 Å². The summed E-state index contributed by atoms with van der Waals surface area (Å²) in [7, 11) is 0. The van der Waals surface area contributed by atoms with Gasteiger partial charge in [-0.25, -0.2) is 5.48 Å². The number of amides is 1. The van der Waals surface area contributed by atoms with Crippen molar-refractivity contribution in [3.05, 3.63) is 29.8 Å². The zero-order valence-corrected chi connectivity index (χ0v) is 12.3. The highest BCUT2D eigenvalue weighted by Gasteiger charge is 2.13. The van der Waals surface area contributed by atoms with Gasteiger partial charge in [0.25, 0.3) is 5.91 Å². The number of ether oxygens (including phenoxy) is 1. The standard InChI is InChI=1S/C15H23NO3/c1-11(2)12-6-8-13(9-7-12)18-10-14(17)16-19-15(3,4)5/h6-9,11H,10H2,1-5H3,(H,16,17). The maximum atomic E-state index is 11.5. The van der Waals surface area contributed by atoms with Gasteiger partial charge in [-0.2, -0.15) is 0 Å². The zero-order valence-electron chi connectivity index (χ0n) is 12.3. The quantitative estimate of drug-likeness (QED) is 0.832. The summed E-state index contributed by atoms with van der Waals surface area (Å²) in [5, 5.41) is 0. The van der Waals surface area contributed by atoms with Gasteiger partial charge in [0.1, 0.15) is 5.75 Å². The Balaban J connectivity index is 2.38. The Morgan fingerprint density at radius 1 is 1.21 bits per heavy atom. The lowest BCUT2D eigenvalue weighted by atomic mass is 10.0. The maximum Gasteiger partial charge on any atom is 0.281 e. The first kappa shape index (κ1) is 15.5. The van der Waals surface area contributed by atoms with Gasteiger partial charge in [0.05, 0.1) is 5.60 Å². The highest BCUT2D eigenvalue weighted by atomic mass is 16.7. The topological polar surface area (TPSA) is 47.6 Å². The number of hydrogen-bond donors (Lipinski definition) is 1. The lowest BCUT2D eigenvalue weighted by Crippen LogP contribution is -2.36. The molecule has 0 spiro atoms. The minimum absolute atomic E-state index is 0.0584. The lowest BCUT2D eigenvalue weighted by Gasteiger charge is -2.18. The van der Waals surface area contributed by atoms with E-state index in [1.807, 2.05) is 45.0 Å². The number of nitrogens with one attached hydrogen (secondary N) is 1. The Hall–Kier alpha value is -1.55. The first-order valence-electron chi connectivity index (χ1n) is 6.47. The minimum atomic E-state index is -0.408. The van der Waals surface area contributed by atoms with E-state index in [4.69, 9.17) is 9.57 Å². The molecule has 0 aliphatic heterocycles. The summed E-state index contributed by atoms with van der Waals surface area (Å²) < 4.78 is 5.38. The van der Waals surface area contributed by atoms with Gasteiger partial charge in [-0.1, -0.05) is 26.0 Å². The van der Waals surface area contributed by atoms with Crippen molar-refractivity contribution in [2.45, 2.75) is 46.1 Å². The number of hydrogen-bond acceptors (Lipinski definition) is 3. The van der Waals surface area contributed by atoms with E-state index in [0.717, 1.165) is 0 Å². The summed E-state index contributed by atoms with van der Waals surface area (Å²) >= 11 is 0. The second-order valence-corrected chi connectivity index (χ2v) is 5.75. The molecule has 106 valence electrons. The number of carbonyl (C=O) groups is 1. The zero-order chi connectivity index (χ0) is 14.5. The van der Waals surface area contributed by atoms with Crippen LogP contribution in [0.3, 0.4) is 0 Å². The van der Waals surface area contributed by atoms with Crippen molar-refractivity contribution in [1.82, 2.24) is 5.48 Å². The molecule has 0 atom stereocenters. The van der Waals surface area contributed by atoms with E-state index in [-0.39, 0.29) is 12.5 Å². The van der Waals surface area contributed by atoms with Crippen molar-refractivity contribution in [3.63, 3.8) is 0 Å². The Morgan fingerprint density at radius 3 is 2.26 bits per heavy atom. The molecular weight excluding hydrogens is 242 g/mol. The van der Waals surface area contributed by atoms with E-state index in [2.05, 4.69) is 19.3 Å². The smallest absolute Gasteiger partial charge is 0.281 e. The van der Waals surface area contributed by atoms with Crippen LogP contribution in [0.15, 0.2) is 24.3 Å². The molecule has 4 nitrogen and oxygen atoms in total. The van der Waals surface area contributed by atoms with Crippen LogP contribution in [-0.2, 0) is 9.63 Å². The highest BCUT2D eigenvalue weighted by Crippen LogP contribution is 2.18. The van der Waals surface area contributed by atoms with Gasteiger partial charge in [0.15, 0.2) is 6.61 Å². The first-order chi connectivity index (χ1) is 8.78. The Morgan fingerprint density at radius 2 is 1.79 bits per heavy atom. The second kappa shape index (κ2) is 6.57. The van der Waals surface area contributed by atoms with Crippen molar-refractivity contribution in [2.24, 2.45) is 0 Å². The fourth-order valence-electron chi connectivity index (χ4n) is 1.34. The van der Waals surface area contributed by atoms with Crippen LogP contribution in [0.25, 0.3) is 0 Å². The van der Waals surface area contributed by atoms with Crippen LogP contribution in [0, 0.1) is 0 Å². The lowest BCUT2D eigenvalue weighted by molar-refractivity contribution is -0.147. The average Bonchev–Trinajstić information content (AvgIpc) is 2.33. The molecule has 1 aromatic rings. The summed E-state index contributed by atoms with van der Waals surface area (Å²) in [6.45, 7) is 9.79. The van der Waals surface area contributed by atoms with Crippen LogP contribution in [0.5, 0.6) is 5.75 Å². The third kappa shape index (κ3) is 6.25. The summed E-state index contributed by atoms with van der Waals surface area (Å²) in [6.07, 6.45) is 0. The van der Waals surface area contributed by atoms with Crippen LogP contribution >= 0.6 is 0 Å². The number of benzene rings is 1. The summed E-state index contributed by atoms with van der Waals surface area (Å²) in [4.78, 5) is 16.6. The largest absolute Gasteiger partial charge is 0.484 e. The van der Waals surface area contributed by atoms with Crippen molar-refractivity contribution in [2.75, 3.05) is 6.61 Å². The molecule has 0 aliphatic rings. The van der Waals surface area contributed by atoms with E-state index in [1.54, 1.807) is 0 Å². The van der Waals surface area contributed by atoms with Crippen LogP contribution < -0.4 is 10.2 Å². The molecule has 1 amide bonds. The molecular formula is C15H23NO3. The summed E-state index contributed by atoms with van der Waals surface area (Å²) in [6, 6.07) is 7.74. The molecule has 0 aliphatic carbocycles. The van der Waals surface area contributed by atoms with Crippen LogP contribution in [-0.4, -0.2) is 18.1 Å². The van der Waals surface area contributed by atoms with E-state index in [0.29, 0.717) is 11.7 Å². The molecule has 0 unspecified atom stereocenters. The van der Waals surface area contributed by atoms with E-state index in [9.17, 15) is 4.79 Å². The molecule has 0 heterocycles. The van der Waals surface area contributed by atoms with Crippen molar-refractivity contribution >= 4 is 5.91 Å². The molecule has 0 radical (unpaired) electrons. The van der Waals surface area contributed by atoms with Gasteiger partial charge in [-0.05, 0) is 44.4 Å². The molecule has 19 heavy (non-hydrogen) atoms. The van der Waals surface area contributed by atoms with Crippen LogP contribution in [0.4, 0.5) is 0 Å². The molecule has 0 aromatic heterocycles. The Bertz CT molecular complexity index is 404. The fourth-order valence-corrected chi connectivity index (χ4v) is 1.34. The molecule has 1 rings (SSSR count). The van der Waals surface area contributed by atoms with Gasteiger partial charge in [0, 0.05) is 0 Å². The van der Waals surface area contributed by atoms with Crippen LogP contribution in [0.1, 0.15) is 46.1 Å².